The molecule has 2 saturated heterocycles. The molecule has 2 heterocycles. The van der Waals surface area contributed by atoms with Gasteiger partial charge in [0.25, 0.3) is 0 Å². The Morgan fingerprint density at radius 1 is 1.25 bits per heavy atom. The van der Waals surface area contributed by atoms with Crippen molar-refractivity contribution in [1.82, 2.24) is 9.62 Å². The van der Waals surface area contributed by atoms with E-state index < -0.39 is 10.0 Å². The Balaban J connectivity index is 1.89. The fraction of sp³-hybridized carbons (Fsp3) is 0.571. The second kappa shape index (κ2) is 5.75. The van der Waals surface area contributed by atoms with E-state index in [1.807, 2.05) is 6.07 Å². The van der Waals surface area contributed by atoms with Gasteiger partial charge in [-0.2, -0.15) is 4.31 Å². The smallest absolute Gasteiger partial charge is 0.243 e. The lowest BCUT2D eigenvalue weighted by Crippen LogP contribution is -2.46. The highest BCUT2D eigenvalue weighted by atomic mass is 79.9. The van der Waals surface area contributed by atoms with E-state index in [0.717, 1.165) is 36.7 Å². The summed E-state index contributed by atoms with van der Waals surface area (Å²) < 4.78 is 28.2. The van der Waals surface area contributed by atoms with E-state index in [9.17, 15) is 8.42 Å². The second-order valence-corrected chi connectivity index (χ2v) is 8.29. The van der Waals surface area contributed by atoms with E-state index in [1.54, 1.807) is 22.5 Å². The predicted molar refractivity (Wildman–Crippen MR) is 82.1 cm³/mol. The summed E-state index contributed by atoms with van der Waals surface area (Å²) in [6, 6.07) is 7.42. The van der Waals surface area contributed by atoms with Gasteiger partial charge in [0.15, 0.2) is 0 Å². The minimum Gasteiger partial charge on any atom is -0.312 e. The van der Waals surface area contributed by atoms with Gasteiger partial charge in [0.1, 0.15) is 0 Å². The Kier molecular flexibility index (Phi) is 4.17. The summed E-state index contributed by atoms with van der Waals surface area (Å²) in [5.41, 5.74) is 0. The average Bonchev–Trinajstić information content (AvgIpc) is 3.09. The van der Waals surface area contributed by atoms with Crippen LogP contribution in [0.4, 0.5) is 0 Å². The minimum atomic E-state index is -3.38. The quantitative estimate of drug-likeness (QED) is 0.902. The Labute approximate surface area is 128 Å². The minimum absolute atomic E-state index is 0.112. The van der Waals surface area contributed by atoms with Gasteiger partial charge >= 0.3 is 0 Å². The highest BCUT2D eigenvalue weighted by Crippen LogP contribution is 2.31. The van der Waals surface area contributed by atoms with Gasteiger partial charge in [0.2, 0.25) is 10.0 Å². The molecule has 2 unspecified atom stereocenters. The summed E-state index contributed by atoms with van der Waals surface area (Å²) in [7, 11) is -3.38. The first-order chi connectivity index (χ1) is 9.59. The number of nitrogens with zero attached hydrogens (tertiary/aromatic N) is 1. The van der Waals surface area contributed by atoms with Crippen LogP contribution in [0.5, 0.6) is 0 Å². The van der Waals surface area contributed by atoms with Crippen LogP contribution in [0.2, 0.25) is 0 Å². The molecule has 6 heteroatoms. The fourth-order valence-corrected chi connectivity index (χ4v) is 5.60. The Bertz CT molecular complexity index is 585. The third kappa shape index (κ3) is 2.66. The van der Waals surface area contributed by atoms with Gasteiger partial charge in [-0.3, -0.25) is 0 Å². The zero-order chi connectivity index (χ0) is 14.2. The van der Waals surface area contributed by atoms with Gasteiger partial charge in [-0.1, -0.05) is 22.0 Å². The van der Waals surface area contributed by atoms with Crippen molar-refractivity contribution < 1.29 is 8.42 Å². The average molecular weight is 359 g/mol. The standard InChI is InChI=1S/C14H19BrN2O2S/c15-11-4-1-5-12(10-11)20(18,19)17-9-3-7-14(17)13-6-2-8-16-13/h1,4-5,10,13-14,16H,2-3,6-9H2. The summed E-state index contributed by atoms with van der Waals surface area (Å²) in [5, 5.41) is 3.45. The van der Waals surface area contributed by atoms with Crippen LogP contribution >= 0.6 is 15.9 Å². The maximum absolute atomic E-state index is 12.8. The molecule has 20 heavy (non-hydrogen) atoms. The van der Waals surface area contributed by atoms with Crippen LogP contribution in [0.15, 0.2) is 33.6 Å². The summed E-state index contributed by atoms with van der Waals surface area (Å²) >= 11 is 3.35. The maximum Gasteiger partial charge on any atom is 0.243 e. The molecule has 1 N–H and O–H groups in total. The fourth-order valence-electron chi connectivity index (χ4n) is 3.27. The third-order valence-corrected chi connectivity index (χ3v) is 6.63. The number of nitrogens with one attached hydrogen (secondary N) is 1. The van der Waals surface area contributed by atoms with Crippen molar-refractivity contribution in [3.63, 3.8) is 0 Å². The van der Waals surface area contributed by atoms with Crippen molar-refractivity contribution >= 4 is 26.0 Å². The van der Waals surface area contributed by atoms with Crippen LogP contribution in [0.3, 0.4) is 0 Å². The van der Waals surface area contributed by atoms with E-state index in [1.165, 1.54) is 0 Å². The first kappa shape index (κ1) is 14.5. The SMILES string of the molecule is O=S(=O)(c1cccc(Br)c1)N1CCCC1C1CCCN1. The molecule has 0 saturated carbocycles. The Hall–Kier alpha value is -0.430. The highest BCUT2D eigenvalue weighted by Gasteiger charge is 2.40. The molecule has 0 aliphatic carbocycles. The maximum atomic E-state index is 12.8. The van der Waals surface area contributed by atoms with Crippen molar-refractivity contribution in [3.05, 3.63) is 28.7 Å². The van der Waals surface area contributed by atoms with Crippen molar-refractivity contribution in [2.45, 2.75) is 42.7 Å². The van der Waals surface area contributed by atoms with Crippen LogP contribution in [0.25, 0.3) is 0 Å². The summed E-state index contributed by atoms with van der Waals surface area (Å²) in [4.78, 5) is 0.386. The van der Waals surface area contributed by atoms with Gasteiger partial charge in [-0.25, -0.2) is 8.42 Å². The molecule has 2 aliphatic rings. The predicted octanol–water partition coefficient (Wildman–Crippen LogP) is 2.35. The van der Waals surface area contributed by atoms with Crippen molar-refractivity contribution in [2.24, 2.45) is 0 Å². The van der Waals surface area contributed by atoms with Gasteiger partial charge in [-0.15, -0.1) is 0 Å². The number of benzene rings is 1. The van der Waals surface area contributed by atoms with E-state index in [2.05, 4.69) is 21.2 Å². The number of rotatable bonds is 3. The molecule has 0 spiro atoms. The van der Waals surface area contributed by atoms with Crippen molar-refractivity contribution in [2.75, 3.05) is 13.1 Å². The summed E-state index contributed by atoms with van der Waals surface area (Å²) in [6.07, 6.45) is 4.14. The van der Waals surface area contributed by atoms with Crippen LogP contribution < -0.4 is 5.32 Å². The molecular weight excluding hydrogens is 340 g/mol. The molecule has 3 rings (SSSR count). The number of sulfonamides is 1. The number of hydrogen-bond acceptors (Lipinski definition) is 3. The van der Waals surface area contributed by atoms with E-state index in [4.69, 9.17) is 0 Å². The Morgan fingerprint density at radius 2 is 2.10 bits per heavy atom. The number of halogens is 1. The second-order valence-electron chi connectivity index (χ2n) is 5.49. The molecule has 0 bridgehead atoms. The summed E-state index contributed by atoms with van der Waals surface area (Å²) in [6.45, 7) is 1.64. The first-order valence-electron chi connectivity index (χ1n) is 7.10. The molecule has 110 valence electrons. The van der Waals surface area contributed by atoms with Crippen LogP contribution in [-0.2, 0) is 10.0 Å². The molecule has 1 aromatic carbocycles. The van der Waals surface area contributed by atoms with Crippen LogP contribution in [0.1, 0.15) is 25.7 Å². The van der Waals surface area contributed by atoms with Crippen LogP contribution in [-0.4, -0.2) is 37.9 Å². The molecular formula is C14H19BrN2O2S. The van der Waals surface area contributed by atoms with E-state index in [0.29, 0.717) is 17.5 Å². The largest absolute Gasteiger partial charge is 0.312 e. The van der Waals surface area contributed by atoms with Crippen molar-refractivity contribution in [1.29, 1.82) is 0 Å². The molecule has 1 aromatic rings. The summed E-state index contributed by atoms with van der Waals surface area (Å²) in [5.74, 6) is 0. The zero-order valence-electron chi connectivity index (χ0n) is 11.3. The molecule has 0 radical (unpaired) electrons. The van der Waals surface area contributed by atoms with Gasteiger partial charge < -0.3 is 5.32 Å². The lowest BCUT2D eigenvalue weighted by atomic mass is 10.1. The van der Waals surface area contributed by atoms with Gasteiger partial charge in [0.05, 0.1) is 4.90 Å². The Morgan fingerprint density at radius 3 is 2.80 bits per heavy atom. The topological polar surface area (TPSA) is 49.4 Å². The lowest BCUT2D eigenvalue weighted by Gasteiger charge is -2.28. The molecule has 0 aromatic heterocycles. The lowest BCUT2D eigenvalue weighted by molar-refractivity contribution is 0.322. The first-order valence-corrected chi connectivity index (χ1v) is 9.33. The molecule has 4 nitrogen and oxygen atoms in total. The highest BCUT2D eigenvalue weighted by molar-refractivity contribution is 9.10. The monoisotopic (exact) mass is 358 g/mol. The molecule has 2 aliphatic heterocycles. The molecule has 2 fully saturated rings. The zero-order valence-corrected chi connectivity index (χ0v) is 13.7. The number of hydrogen-bond donors (Lipinski definition) is 1. The van der Waals surface area contributed by atoms with Crippen molar-refractivity contribution in [3.8, 4) is 0 Å². The van der Waals surface area contributed by atoms with E-state index in [-0.39, 0.29) is 6.04 Å². The molecule has 2 atom stereocenters. The molecule has 0 amide bonds. The van der Waals surface area contributed by atoms with Crippen LogP contribution in [0, 0.1) is 0 Å². The van der Waals surface area contributed by atoms with Gasteiger partial charge in [0, 0.05) is 23.1 Å². The normalized spacial score (nSPS) is 28.1. The van der Waals surface area contributed by atoms with E-state index >= 15 is 0 Å². The third-order valence-electron chi connectivity index (χ3n) is 4.21. The van der Waals surface area contributed by atoms with Gasteiger partial charge in [-0.05, 0) is 50.4 Å².